The van der Waals surface area contributed by atoms with Crippen LogP contribution < -0.4 is 25.2 Å². The zero-order valence-corrected chi connectivity index (χ0v) is 36.3. The SMILES string of the molecule is N#Cc1c(NSN2CCC(F)C2)ccc(F)c1Oc1ccc2ncn(-c3ccn(C4CCN(CC5CCN(c6ccc7c(c6)CN(C6CCC(=O)NC6=O)C7=O)CC5)CC4)n3)c(=O)c2c1. The van der Waals surface area contributed by atoms with Crippen molar-refractivity contribution in [3.05, 3.63) is 100.0 Å². The molecule has 7 heterocycles. The van der Waals surface area contributed by atoms with Crippen LogP contribution in [0.15, 0.2) is 71.9 Å². The average Bonchev–Trinajstić information content (AvgIpc) is 4.06. The number of rotatable bonds is 11. The highest BCUT2D eigenvalue weighted by Gasteiger charge is 2.39. The van der Waals surface area contributed by atoms with E-state index in [1.165, 1.54) is 29.1 Å². The second-order valence-electron chi connectivity index (χ2n) is 17.4. The standard InChI is InChI=1S/C46H47F2N11O5S/c47-30-11-19-56(26-30)65-53-39-6-4-37(48)43(36(39)23-49)64-33-2-5-38-35(22-33)46(63)58(27-50-38)41-14-20-59(52-41)31-12-15-54(16-13-31)24-28-9-17-55(18-10-28)32-1-3-34-29(21-32)25-57(45(34)62)40-7-8-42(60)51-44(40)61/h1-6,14,20-22,27-28,30-31,40,53H,7-13,15-19,24-26H2,(H,51,60,61). The highest BCUT2D eigenvalue weighted by molar-refractivity contribution is 7.98. The summed E-state index contributed by atoms with van der Waals surface area (Å²) in [7, 11) is 0. The molecule has 0 aliphatic carbocycles. The van der Waals surface area contributed by atoms with E-state index in [-0.39, 0.29) is 58.8 Å². The molecule has 3 aromatic carbocycles. The maximum atomic E-state index is 15.1. The van der Waals surface area contributed by atoms with Gasteiger partial charge in [0.15, 0.2) is 17.4 Å². The molecule has 16 nitrogen and oxygen atoms in total. The molecular weight excluding hydrogens is 857 g/mol. The lowest BCUT2D eigenvalue weighted by Gasteiger charge is -2.38. The van der Waals surface area contributed by atoms with Crippen LogP contribution in [-0.4, -0.2) is 109 Å². The summed E-state index contributed by atoms with van der Waals surface area (Å²) < 4.78 is 42.9. The molecular formula is C46H47F2N11O5S. The van der Waals surface area contributed by atoms with E-state index in [1.807, 2.05) is 29.1 Å². The van der Waals surface area contributed by atoms with Gasteiger partial charge in [-0.25, -0.2) is 22.6 Å². The average molecular weight is 904 g/mol. The van der Waals surface area contributed by atoms with Gasteiger partial charge in [0.25, 0.3) is 11.5 Å². The lowest BCUT2D eigenvalue weighted by molar-refractivity contribution is -0.136. The molecule has 4 fully saturated rings. The van der Waals surface area contributed by atoms with Gasteiger partial charge in [0, 0.05) is 94.4 Å². The van der Waals surface area contributed by atoms with Crippen LogP contribution in [0.1, 0.15) is 72.5 Å². The van der Waals surface area contributed by atoms with Crippen LogP contribution in [-0.2, 0) is 16.1 Å². The van der Waals surface area contributed by atoms with Crippen LogP contribution in [0, 0.1) is 23.1 Å². The zero-order valence-electron chi connectivity index (χ0n) is 35.5. The fourth-order valence-electron chi connectivity index (χ4n) is 9.71. The number of piperidine rings is 3. The molecule has 0 spiro atoms. The summed E-state index contributed by atoms with van der Waals surface area (Å²) in [5, 5.41) is 17.4. The van der Waals surface area contributed by atoms with Crippen molar-refractivity contribution in [2.75, 3.05) is 55.4 Å². The molecule has 65 heavy (non-hydrogen) atoms. The van der Waals surface area contributed by atoms with Crippen molar-refractivity contribution < 1.29 is 27.9 Å². The molecule has 336 valence electrons. The number of benzene rings is 3. The molecule has 2 unspecified atom stereocenters. The smallest absolute Gasteiger partial charge is 0.267 e. The molecule has 3 amide bonds. The molecule has 2 atom stereocenters. The van der Waals surface area contributed by atoms with Gasteiger partial charge in [0.05, 0.1) is 22.6 Å². The largest absolute Gasteiger partial charge is 0.453 e. The molecule has 0 radical (unpaired) electrons. The van der Waals surface area contributed by atoms with Gasteiger partial charge in [-0.1, -0.05) is 0 Å². The number of nitrogens with one attached hydrogen (secondary N) is 2. The number of ether oxygens (including phenoxy) is 1. The second-order valence-corrected chi connectivity index (χ2v) is 18.3. The lowest BCUT2D eigenvalue weighted by Crippen LogP contribution is -2.52. The summed E-state index contributed by atoms with van der Waals surface area (Å²) in [5.41, 5.74) is 2.93. The predicted octanol–water partition coefficient (Wildman–Crippen LogP) is 5.72. The van der Waals surface area contributed by atoms with Crippen molar-refractivity contribution in [2.24, 2.45) is 5.92 Å². The number of fused-ring (bicyclic) bond motifs is 2. The Bertz CT molecular complexity index is 2780. The Morgan fingerprint density at radius 2 is 1.77 bits per heavy atom. The molecule has 5 aliphatic rings. The van der Waals surface area contributed by atoms with Crippen LogP contribution in [0.2, 0.25) is 0 Å². The number of nitriles is 1. The number of halogens is 2. The molecule has 5 aliphatic heterocycles. The minimum absolute atomic E-state index is 0.0636. The number of nitrogens with zero attached hydrogens (tertiary/aromatic N) is 9. The number of carbonyl (C=O) groups is 3. The Morgan fingerprint density at radius 1 is 0.938 bits per heavy atom. The Hall–Kier alpha value is -6.36. The maximum Gasteiger partial charge on any atom is 0.267 e. The molecule has 2 aromatic heterocycles. The first-order chi connectivity index (χ1) is 31.6. The number of imide groups is 1. The van der Waals surface area contributed by atoms with E-state index in [0.717, 1.165) is 81.8 Å². The summed E-state index contributed by atoms with van der Waals surface area (Å²) in [4.78, 5) is 62.2. The first kappa shape index (κ1) is 42.6. The second kappa shape index (κ2) is 17.9. The van der Waals surface area contributed by atoms with Crippen molar-refractivity contribution >= 4 is 52.1 Å². The maximum absolute atomic E-state index is 15.1. The minimum Gasteiger partial charge on any atom is -0.453 e. The zero-order chi connectivity index (χ0) is 44.8. The van der Waals surface area contributed by atoms with Crippen LogP contribution >= 0.6 is 12.1 Å². The predicted molar refractivity (Wildman–Crippen MR) is 239 cm³/mol. The number of hydrogen-bond donors (Lipinski definition) is 2. The van der Waals surface area contributed by atoms with Gasteiger partial charge in [0.2, 0.25) is 11.8 Å². The topological polar surface area (TPSA) is 174 Å². The molecule has 0 bridgehead atoms. The Balaban J connectivity index is 0.730. The van der Waals surface area contributed by atoms with Crippen molar-refractivity contribution in [2.45, 2.75) is 69.7 Å². The van der Waals surface area contributed by atoms with Gasteiger partial charge in [-0.3, -0.25) is 29.2 Å². The van der Waals surface area contributed by atoms with Crippen molar-refractivity contribution in [1.29, 1.82) is 5.26 Å². The minimum atomic E-state index is -0.917. The van der Waals surface area contributed by atoms with Crippen LogP contribution in [0.3, 0.4) is 0 Å². The van der Waals surface area contributed by atoms with Gasteiger partial charge in [-0.2, -0.15) is 10.4 Å². The molecule has 4 saturated heterocycles. The molecule has 0 saturated carbocycles. The summed E-state index contributed by atoms with van der Waals surface area (Å²) in [6.07, 6.45) is 7.39. The van der Waals surface area contributed by atoms with E-state index < -0.39 is 23.9 Å². The lowest BCUT2D eigenvalue weighted by atomic mass is 9.94. The van der Waals surface area contributed by atoms with E-state index in [1.54, 1.807) is 27.4 Å². The Kier molecular flexibility index (Phi) is 11.7. The number of anilines is 2. The number of aromatic nitrogens is 4. The summed E-state index contributed by atoms with van der Waals surface area (Å²) in [5.74, 6) is -0.748. The third kappa shape index (κ3) is 8.65. The third-order valence-corrected chi connectivity index (χ3v) is 14.2. The summed E-state index contributed by atoms with van der Waals surface area (Å²) in [6.45, 7) is 5.91. The van der Waals surface area contributed by atoms with E-state index in [0.29, 0.717) is 54.4 Å². The number of alkyl halides is 1. The quantitative estimate of drug-likeness (QED) is 0.122. The monoisotopic (exact) mass is 903 g/mol. The number of carbonyl (C=O) groups excluding carboxylic acids is 3. The first-order valence-electron chi connectivity index (χ1n) is 22.1. The van der Waals surface area contributed by atoms with Crippen molar-refractivity contribution in [3.63, 3.8) is 0 Å². The van der Waals surface area contributed by atoms with Crippen molar-refractivity contribution in [1.82, 2.24) is 38.8 Å². The van der Waals surface area contributed by atoms with Crippen LogP contribution in [0.4, 0.5) is 20.2 Å². The summed E-state index contributed by atoms with van der Waals surface area (Å²) >= 11 is 1.15. The number of likely N-dealkylation sites (tertiary alicyclic amines) is 1. The third-order valence-electron chi connectivity index (χ3n) is 13.3. The van der Waals surface area contributed by atoms with Gasteiger partial charge >= 0.3 is 0 Å². The van der Waals surface area contributed by atoms with Gasteiger partial charge in [-0.05, 0) is 98.5 Å². The highest BCUT2D eigenvalue weighted by atomic mass is 32.2. The van der Waals surface area contributed by atoms with Gasteiger partial charge < -0.3 is 24.2 Å². The molecule has 19 heteroatoms. The normalized spacial score (nSPS) is 21.2. The van der Waals surface area contributed by atoms with Crippen LogP contribution in [0.25, 0.3) is 16.7 Å². The molecule has 5 aromatic rings. The van der Waals surface area contributed by atoms with Crippen molar-refractivity contribution in [3.8, 4) is 23.4 Å². The van der Waals surface area contributed by atoms with E-state index in [2.05, 4.69) is 30.9 Å². The fraction of sp³-hybridized carbons (Fsp3) is 0.413. The highest BCUT2D eigenvalue weighted by Crippen LogP contribution is 2.37. The summed E-state index contributed by atoms with van der Waals surface area (Å²) in [6, 6.07) is 16.6. The molecule has 10 rings (SSSR count). The van der Waals surface area contributed by atoms with E-state index in [9.17, 15) is 28.8 Å². The van der Waals surface area contributed by atoms with E-state index in [4.69, 9.17) is 9.84 Å². The number of hydrogen-bond acceptors (Lipinski definition) is 13. The van der Waals surface area contributed by atoms with Crippen LogP contribution in [0.5, 0.6) is 11.5 Å². The molecule has 2 N–H and O–H groups in total. The van der Waals surface area contributed by atoms with Gasteiger partial charge in [0.1, 0.15) is 35.9 Å². The fourth-order valence-corrected chi connectivity index (χ4v) is 10.5. The first-order valence-corrected chi connectivity index (χ1v) is 22.9. The Morgan fingerprint density at radius 3 is 2.54 bits per heavy atom. The number of amides is 3. The Labute approximate surface area is 377 Å². The van der Waals surface area contributed by atoms with Gasteiger partial charge in [-0.15, -0.1) is 0 Å². The van der Waals surface area contributed by atoms with E-state index >= 15 is 4.39 Å².